The Bertz CT molecular complexity index is 669. The van der Waals surface area contributed by atoms with Gasteiger partial charge in [0.25, 0.3) is 0 Å². The molecule has 0 aliphatic rings. The Morgan fingerprint density at radius 3 is 1.23 bits per heavy atom. The summed E-state index contributed by atoms with van der Waals surface area (Å²) >= 11 is 0. The molecular formula is C18H16N2O2. The van der Waals surface area contributed by atoms with Crippen molar-refractivity contribution in [2.24, 2.45) is 0 Å². The van der Waals surface area contributed by atoms with Crippen molar-refractivity contribution in [2.75, 3.05) is 14.2 Å². The average molecular weight is 292 g/mol. The largest absolute Gasteiger partial charge is 0.497 e. The van der Waals surface area contributed by atoms with E-state index in [1.807, 2.05) is 48.5 Å². The van der Waals surface area contributed by atoms with Gasteiger partial charge in [-0.25, -0.2) is 0 Å². The highest BCUT2D eigenvalue weighted by atomic mass is 16.5. The minimum atomic E-state index is 0.826. The Balaban J connectivity index is 1.84. The Kier molecular flexibility index (Phi) is 4.01. The summed E-state index contributed by atoms with van der Waals surface area (Å²) in [6, 6.07) is 15.5. The number of ether oxygens (including phenoxy) is 2. The summed E-state index contributed by atoms with van der Waals surface area (Å²) in [5, 5.41) is 0. The fourth-order valence-corrected chi connectivity index (χ4v) is 2.15. The van der Waals surface area contributed by atoms with Crippen LogP contribution in [0.1, 0.15) is 0 Å². The van der Waals surface area contributed by atoms with Crippen molar-refractivity contribution in [3.63, 3.8) is 0 Å². The molecule has 4 heteroatoms. The highest BCUT2D eigenvalue weighted by Crippen LogP contribution is 2.23. The molecular weight excluding hydrogens is 276 g/mol. The Morgan fingerprint density at radius 2 is 0.955 bits per heavy atom. The van der Waals surface area contributed by atoms with Crippen LogP contribution in [0.15, 0.2) is 60.9 Å². The van der Waals surface area contributed by atoms with Crippen molar-refractivity contribution in [1.29, 1.82) is 0 Å². The van der Waals surface area contributed by atoms with Gasteiger partial charge in [0.05, 0.1) is 38.0 Å². The number of benzene rings is 2. The molecule has 0 aliphatic carbocycles. The van der Waals surface area contributed by atoms with Gasteiger partial charge in [-0.05, 0) is 48.5 Å². The maximum absolute atomic E-state index is 5.15. The van der Waals surface area contributed by atoms with Gasteiger partial charge in [-0.15, -0.1) is 0 Å². The average Bonchev–Trinajstić information content (AvgIpc) is 2.62. The zero-order valence-corrected chi connectivity index (χ0v) is 12.5. The minimum absolute atomic E-state index is 0.826. The fourth-order valence-electron chi connectivity index (χ4n) is 2.15. The van der Waals surface area contributed by atoms with E-state index in [1.54, 1.807) is 26.6 Å². The van der Waals surface area contributed by atoms with Gasteiger partial charge in [0.1, 0.15) is 11.5 Å². The molecule has 0 saturated heterocycles. The predicted octanol–water partition coefficient (Wildman–Crippen LogP) is 3.83. The number of methoxy groups -OCH3 is 2. The molecule has 0 aliphatic heterocycles. The maximum Gasteiger partial charge on any atom is 0.118 e. The zero-order chi connectivity index (χ0) is 15.4. The zero-order valence-electron chi connectivity index (χ0n) is 12.5. The molecule has 4 nitrogen and oxygen atoms in total. The molecule has 0 radical (unpaired) electrons. The van der Waals surface area contributed by atoms with E-state index in [4.69, 9.17) is 9.47 Å². The number of aromatic nitrogens is 2. The third kappa shape index (κ3) is 2.91. The van der Waals surface area contributed by atoms with Crippen LogP contribution in [0, 0.1) is 0 Å². The molecule has 0 N–H and O–H groups in total. The lowest BCUT2D eigenvalue weighted by Gasteiger charge is -2.05. The Hall–Kier alpha value is -2.88. The fraction of sp³-hybridized carbons (Fsp3) is 0.111. The second kappa shape index (κ2) is 6.26. The Labute approximate surface area is 129 Å². The first kappa shape index (κ1) is 14.1. The van der Waals surface area contributed by atoms with E-state index in [1.165, 1.54) is 0 Å². The first-order valence-corrected chi connectivity index (χ1v) is 6.91. The number of nitrogens with zero attached hydrogens (tertiary/aromatic N) is 2. The molecule has 3 rings (SSSR count). The summed E-state index contributed by atoms with van der Waals surface area (Å²) in [6.45, 7) is 0. The number of rotatable bonds is 4. The molecule has 0 amide bonds. The lowest BCUT2D eigenvalue weighted by atomic mass is 10.1. The molecule has 0 saturated carbocycles. The molecule has 0 unspecified atom stereocenters. The van der Waals surface area contributed by atoms with Crippen LogP contribution in [-0.2, 0) is 0 Å². The van der Waals surface area contributed by atoms with Gasteiger partial charge in [0, 0.05) is 11.1 Å². The molecule has 1 aromatic heterocycles. The molecule has 0 spiro atoms. The molecule has 110 valence electrons. The van der Waals surface area contributed by atoms with Crippen molar-refractivity contribution in [2.45, 2.75) is 0 Å². The second-order valence-electron chi connectivity index (χ2n) is 4.74. The third-order valence-corrected chi connectivity index (χ3v) is 3.42. The van der Waals surface area contributed by atoms with E-state index in [9.17, 15) is 0 Å². The first-order chi connectivity index (χ1) is 10.8. The van der Waals surface area contributed by atoms with Crippen LogP contribution in [0.4, 0.5) is 0 Å². The molecule has 2 aromatic carbocycles. The van der Waals surface area contributed by atoms with Crippen LogP contribution < -0.4 is 9.47 Å². The van der Waals surface area contributed by atoms with Crippen molar-refractivity contribution < 1.29 is 9.47 Å². The van der Waals surface area contributed by atoms with Crippen molar-refractivity contribution >= 4 is 0 Å². The number of hydrogen-bond acceptors (Lipinski definition) is 4. The number of hydrogen-bond donors (Lipinski definition) is 0. The summed E-state index contributed by atoms with van der Waals surface area (Å²) in [6.07, 6.45) is 3.56. The molecule has 0 atom stereocenters. The van der Waals surface area contributed by atoms with Gasteiger partial charge in [-0.3, -0.25) is 9.97 Å². The first-order valence-electron chi connectivity index (χ1n) is 6.91. The highest BCUT2D eigenvalue weighted by Gasteiger charge is 2.04. The smallest absolute Gasteiger partial charge is 0.118 e. The lowest BCUT2D eigenvalue weighted by Crippen LogP contribution is -1.90. The summed E-state index contributed by atoms with van der Waals surface area (Å²) in [5.41, 5.74) is 3.68. The van der Waals surface area contributed by atoms with Gasteiger partial charge < -0.3 is 9.47 Å². The van der Waals surface area contributed by atoms with Crippen molar-refractivity contribution in [1.82, 2.24) is 9.97 Å². The quantitative estimate of drug-likeness (QED) is 0.733. The van der Waals surface area contributed by atoms with Gasteiger partial charge >= 0.3 is 0 Å². The van der Waals surface area contributed by atoms with Crippen LogP contribution >= 0.6 is 0 Å². The normalized spacial score (nSPS) is 10.3. The standard InChI is InChI=1S/C18H16N2O2/c1-21-15-7-3-13(4-8-15)17-11-20-18(12-19-17)14-5-9-16(22-2)10-6-14/h3-12H,1-2H3. The van der Waals surface area contributed by atoms with Crippen LogP contribution in [0.5, 0.6) is 11.5 Å². The van der Waals surface area contributed by atoms with E-state index in [0.717, 1.165) is 34.0 Å². The van der Waals surface area contributed by atoms with E-state index in [-0.39, 0.29) is 0 Å². The van der Waals surface area contributed by atoms with Crippen LogP contribution in [0.2, 0.25) is 0 Å². The van der Waals surface area contributed by atoms with E-state index in [2.05, 4.69) is 9.97 Å². The summed E-state index contributed by atoms with van der Waals surface area (Å²) in [4.78, 5) is 8.98. The molecule has 0 fully saturated rings. The summed E-state index contributed by atoms with van der Waals surface area (Å²) < 4.78 is 10.3. The topological polar surface area (TPSA) is 44.2 Å². The second-order valence-corrected chi connectivity index (χ2v) is 4.74. The molecule has 0 bridgehead atoms. The van der Waals surface area contributed by atoms with Gasteiger partial charge in [-0.1, -0.05) is 0 Å². The van der Waals surface area contributed by atoms with Gasteiger partial charge in [-0.2, -0.15) is 0 Å². The SMILES string of the molecule is COc1ccc(-c2cnc(-c3ccc(OC)cc3)cn2)cc1. The molecule has 22 heavy (non-hydrogen) atoms. The van der Waals surface area contributed by atoms with E-state index in [0.29, 0.717) is 0 Å². The maximum atomic E-state index is 5.15. The lowest BCUT2D eigenvalue weighted by molar-refractivity contribution is 0.414. The van der Waals surface area contributed by atoms with Crippen LogP contribution in [-0.4, -0.2) is 24.2 Å². The van der Waals surface area contributed by atoms with Crippen LogP contribution in [0.25, 0.3) is 22.5 Å². The van der Waals surface area contributed by atoms with Gasteiger partial charge in [0.15, 0.2) is 0 Å². The monoisotopic (exact) mass is 292 g/mol. The van der Waals surface area contributed by atoms with Crippen molar-refractivity contribution in [3.05, 3.63) is 60.9 Å². The highest BCUT2D eigenvalue weighted by molar-refractivity contribution is 5.63. The molecule has 3 aromatic rings. The van der Waals surface area contributed by atoms with Crippen molar-refractivity contribution in [3.8, 4) is 34.0 Å². The Morgan fingerprint density at radius 1 is 0.591 bits per heavy atom. The molecule has 1 heterocycles. The van der Waals surface area contributed by atoms with E-state index < -0.39 is 0 Å². The summed E-state index contributed by atoms with van der Waals surface area (Å²) in [7, 11) is 3.30. The third-order valence-electron chi connectivity index (χ3n) is 3.42. The predicted molar refractivity (Wildman–Crippen MR) is 86.0 cm³/mol. The minimum Gasteiger partial charge on any atom is -0.497 e. The van der Waals surface area contributed by atoms with E-state index >= 15 is 0 Å². The summed E-state index contributed by atoms with van der Waals surface area (Å²) in [5.74, 6) is 1.65. The van der Waals surface area contributed by atoms with Gasteiger partial charge in [0.2, 0.25) is 0 Å². The van der Waals surface area contributed by atoms with Crippen LogP contribution in [0.3, 0.4) is 0 Å².